The highest BCUT2D eigenvalue weighted by Gasteiger charge is 1.99. The van der Waals surface area contributed by atoms with E-state index in [9.17, 15) is 5.11 Å². The minimum Gasteiger partial charge on any atom is -0.508 e. The predicted octanol–water partition coefficient (Wildman–Crippen LogP) is 0.455. The van der Waals surface area contributed by atoms with Crippen molar-refractivity contribution in [2.75, 3.05) is 13.6 Å². The van der Waals surface area contributed by atoms with E-state index in [1.54, 1.807) is 12.1 Å². The second-order valence-corrected chi connectivity index (χ2v) is 2.83. The molecule has 3 heteroatoms. The maximum Gasteiger partial charge on any atom is 0.121 e. The smallest absolute Gasteiger partial charge is 0.121 e. The van der Waals surface area contributed by atoms with Gasteiger partial charge < -0.3 is 15.5 Å². The Bertz CT molecular complexity index is 363. The molecule has 74 valence electrons. The van der Waals surface area contributed by atoms with Crippen LogP contribution in [-0.2, 0) is 6.61 Å². The molecule has 0 saturated carbocycles. The van der Waals surface area contributed by atoms with E-state index in [1.165, 1.54) is 6.07 Å². The van der Waals surface area contributed by atoms with Gasteiger partial charge in [-0.25, -0.2) is 0 Å². The van der Waals surface area contributed by atoms with Crippen molar-refractivity contribution >= 4 is 0 Å². The second-order valence-electron chi connectivity index (χ2n) is 2.83. The molecule has 0 fully saturated rings. The Morgan fingerprint density at radius 1 is 1.43 bits per heavy atom. The zero-order valence-electron chi connectivity index (χ0n) is 8.04. The van der Waals surface area contributed by atoms with Gasteiger partial charge in [0, 0.05) is 11.1 Å². The maximum absolute atomic E-state index is 9.29. The van der Waals surface area contributed by atoms with Gasteiger partial charge in [-0.15, -0.1) is 0 Å². The summed E-state index contributed by atoms with van der Waals surface area (Å²) in [5.74, 6) is 5.91. The Kier molecular flexibility index (Phi) is 3.99. The summed E-state index contributed by atoms with van der Waals surface area (Å²) in [6.45, 7) is 0.447. The Hall–Kier alpha value is -1.50. The third-order valence-corrected chi connectivity index (χ3v) is 1.75. The van der Waals surface area contributed by atoms with Crippen LogP contribution < -0.4 is 5.32 Å². The zero-order chi connectivity index (χ0) is 10.4. The van der Waals surface area contributed by atoms with E-state index in [4.69, 9.17) is 5.11 Å². The van der Waals surface area contributed by atoms with E-state index in [2.05, 4.69) is 17.2 Å². The molecule has 0 aromatic heterocycles. The highest BCUT2D eigenvalue weighted by Crippen LogP contribution is 2.17. The van der Waals surface area contributed by atoms with Gasteiger partial charge >= 0.3 is 0 Å². The van der Waals surface area contributed by atoms with Crippen LogP contribution in [0.15, 0.2) is 18.2 Å². The summed E-state index contributed by atoms with van der Waals surface area (Å²) in [6.07, 6.45) is 0. The third-order valence-electron chi connectivity index (χ3n) is 1.75. The van der Waals surface area contributed by atoms with Crippen molar-refractivity contribution in [1.29, 1.82) is 0 Å². The van der Waals surface area contributed by atoms with Crippen molar-refractivity contribution in [1.82, 2.24) is 5.32 Å². The van der Waals surface area contributed by atoms with Gasteiger partial charge in [0.25, 0.3) is 0 Å². The quantitative estimate of drug-likeness (QED) is 0.595. The van der Waals surface area contributed by atoms with Crippen LogP contribution in [0.2, 0.25) is 0 Å². The zero-order valence-corrected chi connectivity index (χ0v) is 8.04. The molecule has 0 aliphatic rings. The van der Waals surface area contributed by atoms with Crippen LogP contribution >= 0.6 is 0 Å². The Labute approximate surface area is 83.4 Å². The predicted molar refractivity (Wildman–Crippen MR) is 54.8 cm³/mol. The highest BCUT2D eigenvalue weighted by atomic mass is 16.3. The van der Waals surface area contributed by atoms with Crippen molar-refractivity contribution in [3.63, 3.8) is 0 Å². The summed E-state index contributed by atoms with van der Waals surface area (Å²) in [6, 6.07) is 4.93. The number of rotatable bonds is 2. The van der Waals surface area contributed by atoms with E-state index < -0.39 is 0 Å². The van der Waals surface area contributed by atoms with Crippen LogP contribution in [0.4, 0.5) is 0 Å². The van der Waals surface area contributed by atoms with Gasteiger partial charge in [0.1, 0.15) is 5.75 Å². The van der Waals surface area contributed by atoms with E-state index >= 15 is 0 Å². The molecule has 0 heterocycles. The van der Waals surface area contributed by atoms with E-state index in [1.807, 2.05) is 7.05 Å². The summed E-state index contributed by atoms with van der Waals surface area (Å²) in [5, 5.41) is 21.1. The standard InChI is InChI=1S/C11H13NO2/c1-12-6-2-3-9-4-5-11(14)10(7-9)8-13/h4-5,7,12-14H,6,8H2,1H3. The number of hydrogen-bond donors (Lipinski definition) is 3. The summed E-state index contributed by atoms with van der Waals surface area (Å²) < 4.78 is 0. The number of aromatic hydroxyl groups is 1. The molecule has 0 bridgehead atoms. The van der Waals surface area contributed by atoms with Crippen molar-refractivity contribution in [2.45, 2.75) is 6.61 Å². The van der Waals surface area contributed by atoms with Gasteiger partial charge in [-0.2, -0.15) is 0 Å². The molecule has 14 heavy (non-hydrogen) atoms. The lowest BCUT2D eigenvalue weighted by molar-refractivity contribution is 0.275. The molecule has 0 radical (unpaired) electrons. The fourth-order valence-electron chi connectivity index (χ4n) is 1.02. The number of aliphatic hydroxyl groups excluding tert-OH is 1. The highest BCUT2D eigenvalue weighted by molar-refractivity contribution is 5.43. The molecule has 0 amide bonds. The minimum absolute atomic E-state index is 0.103. The Morgan fingerprint density at radius 2 is 2.21 bits per heavy atom. The van der Waals surface area contributed by atoms with Gasteiger partial charge in [-0.1, -0.05) is 11.8 Å². The van der Waals surface area contributed by atoms with Crippen molar-refractivity contribution < 1.29 is 10.2 Å². The van der Waals surface area contributed by atoms with Crippen LogP contribution in [0.5, 0.6) is 5.75 Å². The normalized spacial score (nSPS) is 9.29. The minimum atomic E-state index is -0.173. The molecule has 1 rings (SSSR count). The molecular formula is C11H13NO2. The molecule has 3 N–H and O–H groups in total. The van der Waals surface area contributed by atoms with Gasteiger partial charge in [-0.05, 0) is 25.2 Å². The molecule has 0 aliphatic carbocycles. The van der Waals surface area contributed by atoms with E-state index in [-0.39, 0.29) is 12.4 Å². The fraction of sp³-hybridized carbons (Fsp3) is 0.273. The second kappa shape index (κ2) is 5.28. The van der Waals surface area contributed by atoms with Crippen LogP contribution in [-0.4, -0.2) is 23.8 Å². The molecule has 0 spiro atoms. The average Bonchev–Trinajstić information content (AvgIpc) is 2.21. The van der Waals surface area contributed by atoms with Crippen LogP contribution in [0, 0.1) is 11.8 Å². The Morgan fingerprint density at radius 3 is 2.86 bits per heavy atom. The lowest BCUT2D eigenvalue weighted by atomic mass is 10.1. The first-order valence-electron chi connectivity index (χ1n) is 4.34. The lowest BCUT2D eigenvalue weighted by Gasteiger charge is -2.00. The average molecular weight is 191 g/mol. The largest absolute Gasteiger partial charge is 0.508 e. The SMILES string of the molecule is CNCC#Cc1ccc(O)c(CO)c1. The van der Waals surface area contributed by atoms with Crippen LogP contribution in [0.3, 0.4) is 0 Å². The summed E-state index contributed by atoms with van der Waals surface area (Å²) in [7, 11) is 1.82. The third kappa shape index (κ3) is 2.77. The van der Waals surface area contributed by atoms with Gasteiger partial charge in [0.15, 0.2) is 0 Å². The van der Waals surface area contributed by atoms with Crippen molar-refractivity contribution in [2.24, 2.45) is 0 Å². The lowest BCUT2D eigenvalue weighted by Crippen LogP contribution is -2.04. The molecule has 1 aromatic carbocycles. The van der Waals surface area contributed by atoms with Crippen LogP contribution in [0.25, 0.3) is 0 Å². The van der Waals surface area contributed by atoms with E-state index in [0.717, 1.165) is 5.56 Å². The molecule has 1 aromatic rings. The first-order valence-corrected chi connectivity index (χ1v) is 4.34. The molecule has 0 saturated heterocycles. The first kappa shape index (κ1) is 10.6. The van der Waals surface area contributed by atoms with Crippen molar-refractivity contribution in [3.05, 3.63) is 29.3 Å². The molecule has 0 aliphatic heterocycles. The number of benzene rings is 1. The number of hydrogen-bond acceptors (Lipinski definition) is 3. The molecule has 0 atom stereocenters. The topological polar surface area (TPSA) is 52.5 Å². The summed E-state index contributed by atoms with van der Waals surface area (Å²) >= 11 is 0. The summed E-state index contributed by atoms with van der Waals surface area (Å²) in [4.78, 5) is 0. The van der Waals surface area contributed by atoms with Crippen molar-refractivity contribution in [3.8, 4) is 17.6 Å². The van der Waals surface area contributed by atoms with E-state index in [0.29, 0.717) is 12.1 Å². The van der Waals surface area contributed by atoms with Gasteiger partial charge in [0.05, 0.1) is 13.2 Å². The number of phenols is 1. The maximum atomic E-state index is 9.29. The van der Waals surface area contributed by atoms with Gasteiger partial charge in [0.2, 0.25) is 0 Å². The molecule has 3 nitrogen and oxygen atoms in total. The van der Waals surface area contributed by atoms with Gasteiger partial charge in [-0.3, -0.25) is 0 Å². The monoisotopic (exact) mass is 191 g/mol. The molecular weight excluding hydrogens is 178 g/mol. The number of nitrogens with one attached hydrogen (secondary N) is 1. The Balaban J connectivity index is 2.86. The molecule has 0 unspecified atom stereocenters. The van der Waals surface area contributed by atoms with Crippen LogP contribution in [0.1, 0.15) is 11.1 Å². The first-order chi connectivity index (χ1) is 6.77. The summed E-state index contributed by atoms with van der Waals surface area (Å²) in [5.41, 5.74) is 1.29. The number of aliphatic hydroxyl groups is 1. The fourth-order valence-corrected chi connectivity index (χ4v) is 1.02.